The molecule has 0 aliphatic carbocycles. The molecule has 1 fully saturated rings. The molecule has 0 aromatic rings. The van der Waals surface area contributed by atoms with Crippen LogP contribution in [0.4, 0.5) is 0 Å². The molecule has 0 spiro atoms. The van der Waals surface area contributed by atoms with Gasteiger partial charge in [-0.3, -0.25) is 14.4 Å². The Hall–Kier alpha value is -1.39. The number of ether oxygens (including phenoxy) is 2. The molecule has 1 rings (SSSR count). The molecule has 5 nitrogen and oxygen atoms in total. The monoisotopic (exact) mass is 286 g/mol. The molecule has 5 heteroatoms. The van der Waals surface area contributed by atoms with E-state index in [1.165, 1.54) is 0 Å². The van der Waals surface area contributed by atoms with Crippen LogP contribution in [0.25, 0.3) is 0 Å². The molecule has 20 heavy (non-hydrogen) atoms. The molecule has 3 unspecified atom stereocenters. The zero-order valence-electron chi connectivity index (χ0n) is 13.5. The third-order valence-corrected chi connectivity index (χ3v) is 3.12. The van der Waals surface area contributed by atoms with Crippen LogP contribution in [0.15, 0.2) is 0 Å². The highest BCUT2D eigenvalue weighted by molar-refractivity contribution is 5.95. The maximum atomic E-state index is 11.2. The van der Waals surface area contributed by atoms with E-state index in [1.54, 1.807) is 13.8 Å². The van der Waals surface area contributed by atoms with Gasteiger partial charge in [-0.05, 0) is 27.2 Å². The van der Waals surface area contributed by atoms with Crippen LogP contribution in [0, 0.1) is 17.8 Å². The normalized spacial score (nSPS) is 23.6. The smallest absolute Gasteiger partial charge is 0.317 e. The minimum absolute atomic E-state index is 0.0224. The number of hydrogen-bond acceptors (Lipinski definition) is 5. The number of hydrogen-bond donors (Lipinski definition) is 0. The number of carbonyl (C=O) groups excluding carboxylic acids is 3. The van der Waals surface area contributed by atoms with Crippen molar-refractivity contribution in [1.29, 1.82) is 0 Å². The molecule has 1 heterocycles. The standard InChI is InChI=1S/C9H18O2.C6H8O3/c1-6-7(2)8(10)11-9(3,4)5;1-3-4(2)6(8)9-5(3)7/h7H,6H2,1-5H3;3-4H,1-2H3. The number of esters is 3. The average molecular weight is 286 g/mol. The van der Waals surface area contributed by atoms with E-state index in [0.29, 0.717) is 0 Å². The van der Waals surface area contributed by atoms with E-state index in [2.05, 4.69) is 4.74 Å². The third kappa shape index (κ3) is 6.17. The summed E-state index contributed by atoms with van der Waals surface area (Å²) in [5.74, 6) is -1.37. The average Bonchev–Trinajstić information content (AvgIpc) is 2.54. The van der Waals surface area contributed by atoms with Gasteiger partial charge in [-0.1, -0.05) is 27.7 Å². The SMILES string of the molecule is CC1C(=O)OC(=O)C1C.CCC(C)C(=O)OC(C)(C)C. The van der Waals surface area contributed by atoms with Crippen LogP contribution in [0.3, 0.4) is 0 Å². The van der Waals surface area contributed by atoms with Crippen LogP contribution in [0.1, 0.15) is 54.9 Å². The van der Waals surface area contributed by atoms with E-state index in [-0.39, 0.29) is 29.3 Å². The van der Waals surface area contributed by atoms with E-state index >= 15 is 0 Å². The second kappa shape index (κ2) is 7.41. The second-order valence-corrected chi connectivity index (χ2v) is 6.16. The van der Waals surface area contributed by atoms with Crippen LogP contribution in [0.5, 0.6) is 0 Å². The van der Waals surface area contributed by atoms with Gasteiger partial charge in [0.1, 0.15) is 5.60 Å². The van der Waals surface area contributed by atoms with Gasteiger partial charge in [-0.2, -0.15) is 0 Å². The van der Waals surface area contributed by atoms with Crippen LogP contribution in [-0.4, -0.2) is 23.5 Å². The molecule has 1 aliphatic heterocycles. The van der Waals surface area contributed by atoms with Crippen molar-refractivity contribution >= 4 is 17.9 Å². The van der Waals surface area contributed by atoms with Gasteiger partial charge < -0.3 is 9.47 Å². The summed E-state index contributed by atoms with van der Waals surface area (Å²) in [5, 5.41) is 0. The van der Waals surface area contributed by atoms with Crippen LogP contribution >= 0.6 is 0 Å². The molecule has 0 N–H and O–H groups in total. The van der Waals surface area contributed by atoms with E-state index < -0.39 is 11.9 Å². The van der Waals surface area contributed by atoms with E-state index in [4.69, 9.17) is 4.74 Å². The van der Waals surface area contributed by atoms with Gasteiger partial charge in [0, 0.05) is 0 Å². The van der Waals surface area contributed by atoms with Gasteiger partial charge in [0.2, 0.25) is 0 Å². The fraction of sp³-hybridized carbons (Fsp3) is 0.800. The van der Waals surface area contributed by atoms with Crippen molar-refractivity contribution in [3.05, 3.63) is 0 Å². The molecule has 116 valence electrons. The summed E-state index contributed by atoms with van der Waals surface area (Å²) in [6, 6.07) is 0. The van der Waals surface area contributed by atoms with Crippen molar-refractivity contribution in [3.63, 3.8) is 0 Å². The summed E-state index contributed by atoms with van der Waals surface area (Å²) >= 11 is 0. The molecule has 0 bridgehead atoms. The summed E-state index contributed by atoms with van der Waals surface area (Å²) in [5.41, 5.74) is -0.347. The molecule has 1 aliphatic rings. The fourth-order valence-corrected chi connectivity index (χ4v) is 1.26. The zero-order chi connectivity index (χ0) is 16.1. The summed E-state index contributed by atoms with van der Waals surface area (Å²) in [6.07, 6.45) is 0.842. The molecular formula is C15H26O5. The van der Waals surface area contributed by atoms with E-state index in [0.717, 1.165) is 6.42 Å². The first-order valence-corrected chi connectivity index (χ1v) is 6.98. The minimum Gasteiger partial charge on any atom is -0.460 e. The lowest BCUT2D eigenvalue weighted by Crippen LogP contribution is -2.27. The van der Waals surface area contributed by atoms with Crippen molar-refractivity contribution in [3.8, 4) is 0 Å². The van der Waals surface area contributed by atoms with Gasteiger partial charge in [-0.15, -0.1) is 0 Å². The Morgan fingerprint density at radius 2 is 1.60 bits per heavy atom. The van der Waals surface area contributed by atoms with Crippen molar-refractivity contribution in [1.82, 2.24) is 0 Å². The molecule has 1 saturated heterocycles. The predicted molar refractivity (Wildman–Crippen MR) is 74.7 cm³/mol. The number of carbonyl (C=O) groups is 3. The second-order valence-electron chi connectivity index (χ2n) is 6.16. The molecular weight excluding hydrogens is 260 g/mol. The lowest BCUT2D eigenvalue weighted by atomic mass is 10.00. The number of cyclic esters (lactones) is 2. The number of rotatable bonds is 2. The van der Waals surface area contributed by atoms with Crippen molar-refractivity contribution in [2.24, 2.45) is 17.8 Å². The Morgan fingerprint density at radius 3 is 1.80 bits per heavy atom. The Bertz CT molecular complexity index is 349. The van der Waals surface area contributed by atoms with Crippen LogP contribution in [0.2, 0.25) is 0 Å². The molecule has 3 atom stereocenters. The highest BCUT2D eigenvalue weighted by Gasteiger charge is 2.37. The van der Waals surface area contributed by atoms with Gasteiger partial charge >= 0.3 is 17.9 Å². The first-order chi connectivity index (χ1) is 8.99. The van der Waals surface area contributed by atoms with Gasteiger partial charge in [0.15, 0.2) is 0 Å². The molecule has 0 aromatic heterocycles. The van der Waals surface area contributed by atoms with Gasteiger partial charge in [0.25, 0.3) is 0 Å². The van der Waals surface area contributed by atoms with Crippen molar-refractivity contribution in [2.75, 3.05) is 0 Å². The highest BCUT2D eigenvalue weighted by atomic mass is 16.6. The van der Waals surface area contributed by atoms with Crippen LogP contribution in [-0.2, 0) is 23.9 Å². The van der Waals surface area contributed by atoms with E-state index in [1.807, 2.05) is 34.6 Å². The Labute approximate surface area is 121 Å². The Balaban J connectivity index is 0.000000367. The topological polar surface area (TPSA) is 69.7 Å². The maximum Gasteiger partial charge on any atom is 0.317 e. The summed E-state index contributed by atoms with van der Waals surface area (Å²) in [6.45, 7) is 12.9. The van der Waals surface area contributed by atoms with Crippen LogP contribution < -0.4 is 0 Å². The first-order valence-electron chi connectivity index (χ1n) is 6.98. The van der Waals surface area contributed by atoms with Gasteiger partial charge in [0.05, 0.1) is 17.8 Å². The lowest BCUT2D eigenvalue weighted by Gasteiger charge is -2.21. The molecule has 0 amide bonds. The summed E-state index contributed by atoms with van der Waals surface area (Å²) in [7, 11) is 0. The third-order valence-electron chi connectivity index (χ3n) is 3.12. The highest BCUT2D eigenvalue weighted by Crippen LogP contribution is 2.21. The largest absolute Gasteiger partial charge is 0.460 e. The summed E-state index contributed by atoms with van der Waals surface area (Å²) < 4.78 is 9.46. The summed E-state index contributed by atoms with van der Waals surface area (Å²) in [4.78, 5) is 32.3. The quantitative estimate of drug-likeness (QED) is 0.576. The van der Waals surface area contributed by atoms with Gasteiger partial charge in [-0.25, -0.2) is 0 Å². The maximum absolute atomic E-state index is 11.2. The first kappa shape index (κ1) is 18.6. The minimum atomic E-state index is -0.396. The van der Waals surface area contributed by atoms with E-state index in [9.17, 15) is 14.4 Å². The Kier molecular flexibility index (Phi) is 6.89. The predicted octanol–water partition coefficient (Wildman–Crippen LogP) is 2.72. The molecule has 0 radical (unpaired) electrons. The fourth-order valence-electron chi connectivity index (χ4n) is 1.26. The lowest BCUT2D eigenvalue weighted by molar-refractivity contribution is -0.159. The molecule has 0 saturated carbocycles. The van der Waals surface area contributed by atoms with Crippen molar-refractivity contribution in [2.45, 2.75) is 60.5 Å². The zero-order valence-corrected chi connectivity index (χ0v) is 13.5. The molecule has 0 aromatic carbocycles. The Morgan fingerprint density at radius 1 is 1.20 bits per heavy atom. The van der Waals surface area contributed by atoms with Crippen molar-refractivity contribution < 1.29 is 23.9 Å².